The van der Waals surface area contributed by atoms with Crippen molar-refractivity contribution in [2.75, 3.05) is 13.2 Å². The van der Waals surface area contributed by atoms with Gasteiger partial charge in [0, 0.05) is 0 Å². The zero-order valence-corrected chi connectivity index (χ0v) is 12.3. The van der Waals surface area contributed by atoms with Crippen molar-refractivity contribution in [2.45, 2.75) is 51.9 Å². The van der Waals surface area contributed by atoms with Gasteiger partial charge in [-0.25, -0.2) is 14.6 Å². The Balaban J connectivity index is 2.04. The van der Waals surface area contributed by atoms with Gasteiger partial charge in [0.1, 0.15) is 6.42 Å². The third-order valence-electron chi connectivity index (χ3n) is 3.27. The lowest BCUT2D eigenvalue weighted by atomic mass is 9.87. The van der Waals surface area contributed by atoms with Gasteiger partial charge >= 0.3 is 18.1 Å². The fraction of sp³-hybridized carbons (Fsp3) is 0.786. The Hall–Kier alpha value is -1.79. The smallest absolute Gasteiger partial charge is 0.466 e. The molecule has 0 unspecified atom stereocenters. The van der Waals surface area contributed by atoms with Crippen LogP contribution in [0.1, 0.15) is 51.9 Å². The molecule has 0 aromatic heterocycles. The number of rotatable bonds is 6. The van der Waals surface area contributed by atoms with Crippen LogP contribution in [0.2, 0.25) is 0 Å². The Labute approximate surface area is 123 Å². The molecule has 0 aliphatic heterocycles. The van der Waals surface area contributed by atoms with Gasteiger partial charge in [-0.2, -0.15) is 4.79 Å². The van der Waals surface area contributed by atoms with Gasteiger partial charge in [-0.3, -0.25) is 4.79 Å². The summed E-state index contributed by atoms with van der Waals surface area (Å²) in [6.07, 6.45) is 5.13. The normalized spacial score (nSPS) is 15.1. The molecule has 1 rings (SSSR count). The molecule has 1 aliphatic rings. The minimum Gasteiger partial charge on any atom is -0.466 e. The minimum atomic E-state index is -1.08. The van der Waals surface area contributed by atoms with Crippen molar-refractivity contribution in [3.8, 4) is 0 Å². The summed E-state index contributed by atoms with van der Waals surface area (Å²) in [4.78, 5) is 41.5. The lowest BCUT2D eigenvalue weighted by Gasteiger charge is -2.20. The van der Waals surface area contributed by atoms with Gasteiger partial charge in [-0.15, -0.1) is 0 Å². The van der Waals surface area contributed by atoms with E-state index in [4.69, 9.17) is 4.74 Å². The van der Waals surface area contributed by atoms with Gasteiger partial charge in [-0.1, -0.05) is 32.1 Å². The predicted octanol–water partition coefficient (Wildman–Crippen LogP) is 2.52. The zero-order chi connectivity index (χ0) is 15.5. The van der Waals surface area contributed by atoms with E-state index in [1.54, 1.807) is 6.92 Å². The predicted molar refractivity (Wildman–Crippen MR) is 71.0 cm³/mol. The van der Waals surface area contributed by atoms with E-state index in [0.29, 0.717) is 5.92 Å². The fourth-order valence-electron chi connectivity index (χ4n) is 2.25. The Kier molecular flexibility index (Phi) is 8.23. The first-order chi connectivity index (χ1) is 10.1. The Morgan fingerprint density at radius 2 is 1.67 bits per heavy atom. The highest BCUT2D eigenvalue weighted by atomic mass is 17.2. The van der Waals surface area contributed by atoms with Crippen LogP contribution in [0, 0.1) is 5.92 Å². The van der Waals surface area contributed by atoms with E-state index in [2.05, 4.69) is 14.5 Å². The van der Waals surface area contributed by atoms with Crippen molar-refractivity contribution in [3.05, 3.63) is 0 Å². The average Bonchev–Trinajstić information content (AvgIpc) is 2.46. The second-order valence-corrected chi connectivity index (χ2v) is 4.91. The summed E-state index contributed by atoms with van der Waals surface area (Å²) in [5.41, 5.74) is 0. The van der Waals surface area contributed by atoms with Crippen LogP contribution in [0.3, 0.4) is 0 Å². The highest BCUT2D eigenvalue weighted by Crippen LogP contribution is 2.26. The number of hydrogen-bond acceptors (Lipinski definition) is 7. The van der Waals surface area contributed by atoms with Crippen LogP contribution in [0.5, 0.6) is 0 Å². The highest BCUT2D eigenvalue weighted by molar-refractivity contribution is 5.91. The van der Waals surface area contributed by atoms with E-state index in [-0.39, 0.29) is 13.2 Å². The summed E-state index contributed by atoms with van der Waals surface area (Å²) < 4.78 is 9.33. The molecular formula is C14H22O7. The summed E-state index contributed by atoms with van der Waals surface area (Å²) in [6.45, 7) is 2.01. The molecule has 21 heavy (non-hydrogen) atoms. The molecule has 0 spiro atoms. The van der Waals surface area contributed by atoms with Gasteiger partial charge in [0.2, 0.25) is 0 Å². The van der Waals surface area contributed by atoms with E-state index in [1.807, 2.05) is 0 Å². The first kappa shape index (κ1) is 17.3. The molecule has 0 N–H and O–H groups in total. The van der Waals surface area contributed by atoms with Gasteiger partial charge in [0.25, 0.3) is 0 Å². The van der Waals surface area contributed by atoms with Crippen LogP contribution in [0.4, 0.5) is 4.79 Å². The van der Waals surface area contributed by atoms with E-state index in [9.17, 15) is 14.4 Å². The molecule has 0 atom stereocenters. The van der Waals surface area contributed by atoms with Crippen molar-refractivity contribution in [3.63, 3.8) is 0 Å². The lowest BCUT2D eigenvalue weighted by Crippen LogP contribution is -2.18. The number of esters is 1. The monoisotopic (exact) mass is 302 g/mol. The molecule has 0 aromatic carbocycles. The molecule has 1 aliphatic carbocycles. The molecule has 1 saturated carbocycles. The van der Waals surface area contributed by atoms with E-state index in [1.165, 1.54) is 19.3 Å². The summed E-state index contributed by atoms with van der Waals surface area (Å²) in [5, 5.41) is 0. The molecule has 0 aromatic rings. The van der Waals surface area contributed by atoms with Crippen LogP contribution in [0.25, 0.3) is 0 Å². The number of hydrogen-bond donors (Lipinski definition) is 0. The number of ether oxygens (including phenoxy) is 2. The maximum Gasteiger partial charge on any atom is 0.549 e. The van der Waals surface area contributed by atoms with E-state index < -0.39 is 24.5 Å². The van der Waals surface area contributed by atoms with Crippen molar-refractivity contribution in [1.82, 2.24) is 0 Å². The molecule has 0 radical (unpaired) electrons. The van der Waals surface area contributed by atoms with Crippen LogP contribution >= 0.6 is 0 Å². The Morgan fingerprint density at radius 1 is 0.952 bits per heavy atom. The van der Waals surface area contributed by atoms with Crippen molar-refractivity contribution in [1.29, 1.82) is 0 Å². The maximum absolute atomic E-state index is 11.2. The van der Waals surface area contributed by atoms with Crippen molar-refractivity contribution in [2.24, 2.45) is 5.92 Å². The highest BCUT2D eigenvalue weighted by Gasteiger charge is 2.17. The molecule has 7 nitrogen and oxygen atoms in total. The van der Waals surface area contributed by atoms with Gasteiger partial charge in [0.05, 0.1) is 13.2 Å². The summed E-state index contributed by atoms with van der Waals surface area (Å²) in [5.74, 6) is -1.16. The van der Waals surface area contributed by atoms with Crippen LogP contribution < -0.4 is 0 Å². The first-order valence-electron chi connectivity index (χ1n) is 7.31. The van der Waals surface area contributed by atoms with Gasteiger partial charge < -0.3 is 9.47 Å². The quantitative estimate of drug-likeness (QED) is 0.322. The molecule has 0 saturated heterocycles. The first-order valence-corrected chi connectivity index (χ1v) is 7.31. The summed E-state index contributed by atoms with van der Waals surface area (Å²) in [7, 11) is 0. The third-order valence-corrected chi connectivity index (χ3v) is 3.27. The largest absolute Gasteiger partial charge is 0.549 e. The lowest BCUT2D eigenvalue weighted by molar-refractivity contribution is -0.243. The molecule has 120 valence electrons. The third kappa shape index (κ3) is 8.16. The Morgan fingerprint density at radius 3 is 2.33 bits per heavy atom. The molecule has 0 amide bonds. The standard InChI is InChI=1S/C14H22O7/c1-2-18-12(15)10-13(16)20-21-14(17)19-9-8-11-6-4-3-5-7-11/h11H,2-10H2,1H3. The molecule has 0 bridgehead atoms. The summed E-state index contributed by atoms with van der Waals surface area (Å²) >= 11 is 0. The SMILES string of the molecule is CCOC(=O)CC(=O)OOC(=O)OCCC1CCCCC1. The van der Waals surface area contributed by atoms with Crippen LogP contribution in [-0.4, -0.2) is 31.3 Å². The summed E-state index contributed by atoms with van der Waals surface area (Å²) in [6, 6.07) is 0. The molecule has 1 fully saturated rings. The van der Waals surface area contributed by atoms with Crippen molar-refractivity contribution < 1.29 is 33.6 Å². The fourth-order valence-corrected chi connectivity index (χ4v) is 2.25. The number of carbonyl (C=O) groups is 3. The van der Waals surface area contributed by atoms with Gasteiger partial charge in [0.15, 0.2) is 0 Å². The second-order valence-electron chi connectivity index (χ2n) is 4.91. The van der Waals surface area contributed by atoms with Crippen LogP contribution in [-0.2, 0) is 28.8 Å². The zero-order valence-electron chi connectivity index (χ0n) is 12.3. The van der Waals surface area contributed by atoms with Crippen LogP contribution in [0.15, 0.2) is 0 Å². The molecule has 7 heteroatoms. The van der Waals surface area contributed by atoms with E-state index in [0.717, 1.165) is 19.3 Å². The average molecular weight is 302 g/mol. The number of carbonyl (C=O) groups excluding carboxylic acids is 3. The van der Waals surface area contributed by atoms with Crippen molar-refractivity contribution >= 4 is 18.1 Å². The van der Waals surface area contributed by atoms with E-state index >= 15 is 0 Å². The Bertz CT molecular complexity index is 347. The topological polar surface area (TPSA) is 88.1 Å². The second kappa shape index (κ2) is 10.0. The molecule has 0 heterocycles. The minimum absolute atomic E-state index is 0.163. The maximum atomic E-state index is 11.2. The van der Waals surface area contributed by atoms with Gasteiger partial charge in [-0.05, 0) is 19.3 Å². The molecular weight excluding hydrogens is 280 g/mol.